The minimum atomic E-state index is -0.614. The zero-order valence-electron chi connectivity index (χ0n) is 14.6. The van der Waals surface area contributed by atoms with Gasteiger partial charge in [0.05, 0.1) is 5.70 Å². The molecule has 1 amide bonds. The van der Waals surface area contributed by atoms with Crippen LogP contribution in [0.2, 0.25) is 0 Å². The van der Waals surface area contributed by atoms with Crippen LogP contribution < -0.4 is 5.32 Å². The summed E-state index contributed by atoms with van der Waals surface area (Å²) in [5.74, 6) is -0.183. The summed E-state index contributed by atoms with van der Waals surface area (Å²) < 4.78 is 5.17. The Balaban J connectivity index is 1.96. The number of alkyl carbamates (subject to hydrolysis) is 1. The summed E-state index contributed by atoms with van der Waals surface area (Å²) in [5.41, 5.74) is 2.57. The molecule has 0 unspecified atom stereocenters. The maximum absolute atomic E-state index is 11.9. The van der Waals surface area contributed by atoms with Crippen LogP contribution in [0.4, 0.5) is 4.79 Å². The van der Waals surface area contributed by atoms with Crippen molar-refractivity contribution in [1.82, 2.24) is 5.32 Å². The molecule has 0 spiro atoms. The summed E-state index contributed by atoms with van der Waals surface area (Å²) in [4.78, 5) is 23.7. The van der Waals surface area contributed by atoms with Crippen molar-refractivity contribution in [3.05, 3.63) is 59.3 Å². The third-order valence-corrected chi connectivity index (χ3v) is 4.17. The molecule has 0 saturated heterocycles. The highest BCUT2D eigenvalue weighted by Gasteiger charge is 2.21. The third kappa shape index (κ3) is 5.69. The van der Waals surface area contributed by atoms with Gasteiger partial charge in [0.2, 0.25) is 0 Å². The molecule has 0 fully saturated rings. The van der Waals surface area contributed by atoms with E-state index >= 15 is 0 Å². The van der Waals surface area contributed by atoms with Crippen LogP contribution >= 0.6 is 0 Å². The Hall–Kier alpha value is -2.36. The normalized spacial score (nSPS) is 17.0. The van der Waals surface area contributed by atoms with Crippen molar-refractivity contribution < 1.29 is 14.3 Å². The number of hydrogen-bond acceptors (Lipinski definition) is 3. The predicted octanol–water partition coefficient (Wildman–Crippen LogP) is 4.52. The molecule has 0 aliphatic heterocycles. The van der Waals surface area contributed by atoms with E-state index in [2.05, 4.69) is 25.2 Å². The highest BCUT2D eigenvalue weighted by Crippen LogP contribution is 2.34. The van der Waals surface area contributed by atoms with E-state index < -0.39 is 6.09 Å². The van der Waals surface area contributed by atoms with Gasteiger partial charge in [-0.1, -0.05) is 50.3 Å². The van der Waals surface area contributed by atoms with Gasteiger partial charge < -0.3 is 4.74 Å². The predicted molar refractivity (Wildman–Crippen MR) is 94.2 cm³/mol. The van der Waals surface area contributed by atoms with Crippen molar-refractivity contribution in [2.24, 2.45) is 5.41 Å². The van der Waals surface area contributed by atoms with E-state index in [1.165, 1.54) is 6.92 Å². The topological polar surface area (TPSA) is 55.4 Å². The van der Waals surface area contributed by atoms with Gasteiger partial charge in [0.15, 0.2) is 5.78 Å². The maximum atomic E-state index is 11.9. The molecule has 1 aliphatic rings. The molecule has 1 aliphatic carbocycles. The summed E-state index contributed by atoms with van der Waals surface area (Å²) in [6, 6.07) is 9.43. The molecule has 1 N–H and O–H groups in total. The zero-order chi connectivity index (χ0) is 17.6. The van der Waals surface area contributed by atoms with Crippen molar-refractivity contribution in [3.8, 4) is 0 Å². The quantitative estimate of drug-likeness (QED) is 0.809. The number of carbonyl (C=O) groups is 2. The molecule has 0 bridgehead atoms. The Kier molecular flexibility index (Phi) is 5.96. The van der Waals surface area contributed by atoms with Crippen LogP contribution in [0.5, 0.6) is 0 Å². The molecule has 24 heavy (non-hydrogen) atoms. The van der Waals surface area contributed by atoms with Gasteiger partial charge in [-0.15, -0.1) is 0 Å². The molecule has 0 heterocycles. The number of nitrogens with one attached hydrogen (secondary N) is 1. The minimum absolute atomic E-state index is 0.175. The number of hydrogen-bond donors (Lipinski definition) is 1. The van der Waals surface area contributed by atoms with Crippen molar-refractivity contribution >= 4 is 11.9 Å². The highest BCUT2D eigenvalue weighted by molar-refractivity contribution is 5.96. The number of ether oxygens (including phenoxy) is 1. The number of amides is 1. The van der Waals surface area contributed by atoms with Crippen LogP contribution in [0.3, 0.4) is 0 Å². The molecule has 2 rings (SSSR count). The standard InChI is InChI=1S/C20H25NO3/c1-15(22)18(13-16-9-11-20(2,3)12-10-16)21-19(23)24-14-17-7-5-4-6-8-17/h4-9,13H,10-12,14H2,1-3H3,(H,21,23)/b18-13+. The fourth-order valence-corrected chi connectivity index (χ4v) is 2.51. The summed E-state index contributed by atoms with van der Waals surface area (Å²) in [5, 5.41) is 2.56. The first kappa shape index (κ1) is 18.0. The smallest absolute Gasteiger partial charge is 0.412 e. The van der Waals surface area contributed by atoms with E-state index in [1.54, 1.807) is 6.08 Å². The molecule has 128 valence electrons. The van der Waals surface area contributed by atoms with E-state index in [4.69, 9.17) is 4.74 Å². The van der Waals surface area contributed by atoms with Crippen molar-refractivity contribution in [2.45, 2.75) is 46.6 Å². The lowest BCUT2D eigenvalue weighted by molar-refractivity contribution is -0.113. The first-order valence-corrected chi connectivity index (χ1v) is 8.25. The number of allylic oxidation sites excluding steroid dienone is 4. The lowest BCUT2D eigenvalue weighted by Crippen LogP contribution is -2.27. The molecule has 0 saturated carbocycles. The van der Waals surface area contributed by atoms with E-state index in [0.29, 0.717) is 5.41 Å². The largest absolute Gasteiger partial charge is 0.444 e. The maximum Gasteiger partial charge on any atom is 0.412 e. The van der Waals surface area contributed by atoms with Gasteiger partial charge in [-0.2, -0.15) is 0 Å². The first-order chi connectivity index (χ1) is 11.4. The van der Waals surface area contributed by atoms with Crippen molar-refractivity contribution in [2.75, 3.05) is 0 Å². The fourth-order valence-electron chi connectivity index (χ4n) is 2.51. The van der Waals surface area contributed by atoms with Crippen molar-refractivity contribution in [3.63, 3.8) is 0 Å². The molecule has 4 nitrogen and oxygen atoms in total. The van der Waals surface area contributed by atoms with Crippen LogP contribution in [0.15, 0.2) is 53.8 Å². The van der Waals surface area contributed by atoms with Crippen LogP contribution in [-0.4, -0.2) is 11.9 Å². The average Bonchev–Trinajstić information content (AvgIpc) is 2.55. The Labute approximate surface area is 143 Å². The second kappa shape index (κ2) is 7.95. The van der Waals surface area contributed by atoms with E-state index in [-0.39, 0.29) is 18.1 Å². The second-order valence-electron chi connectivity index (χ2n) is 6.95. The molecule has 0 aromatic heterocycles. The van der Waals surface area contributed by atoms with Crippen LogP contribution in [0, 0.1) is 5.41 Å². The lowest BCUT2D eigenvalue weighted by atomic mass is 9.78. The van der Waals surface area contributed by atoms with Crippen LogP contribution in [0.1, 0.15) is 45.6 Å². The SMILES string of the molecule is CC(=O)/C(=C\C1=CCC(C)(C)CC1)NC(=O)OCc1ccccc1. The summed E-state index contributed by atoms with van der Waals surface area (Å²) in [7, 11) is 0. The fraction of sp³-hybridized carbons (Fsp3) is 0.400. The zero-order valence-corrected chi connectivity index (χ0v) is 14.6. The van der Waals surface area contributed by atoms with E-state index in [9.17, 15) is 9.59 Å². The Morgan fingerprint density at radius 1 is 1.25 bits per heavy atom. The van der Waals surface area contributed by atoms with Gasteiger partial charge in [0, 0.05) is 6.92 Å². The molecule has 0 atom stereocenters. The second-order valence-corrected chi connectivity index (χ2v) is 6.95. The molecule has 4 heteroatoms. The number of rotatable bonds is 5. The van der Waals surface area contributed by atoms with Crippen LogP contribution in [0.25, 0.3) is 0 Å². The Morgan fingerprint density at radius 2 is 1.96 bits per heavy atom. The van der Waals surface area contributed by atoms with E-state index in [1.807, 2.05) is 30.3 Å². The number of Topliss-reactive ketones (excluding diaryl/α,β-unsaturated/α-hetero) is 1. The summed E-state index contributed by atoms with van der Waals surface area (Å²) in [6.07, 6.45) is 6.24. The van der Waals surface area contributed by atoms with Gasteiger partial charge in [0.1, 0.15) is 6.61 Å². The molecule has 1 aromatic carbocycles. The lowest BCUT2D eigenvalue weighted by Gasteiger charge is -2.27. The van der Waals surface area contributed by atoms with Gasteiger partial charge in [-0.05, 0) is 41.9 Å². The minimum Gasteiger partial charge on any atom is -0.444 e. The van der Waals surface area contributed by atoms with Crippen LogP contribution in [-0.2, 0) is 16.1 Å². The van der Waals surface area contributed by atoms with Gasteiger partial charge in [0.25, 0.3) is 0 Å². The molecule has 0 radical (unpaired) electrons. The third-order valence-electron chi connectivity index (χ3n) is 4.17. The monoisotopic (exact) mass is 327 g/mol. The summed E-state index contributed by atoms with van der Waals surface area (Å²) >= 11 is 0. The average molecular weight is 327 g/mol. The summed E-state index contributed by atoms with van der Waals surface area (Å²) in [6.45, 7) is 6.08. The number of carbonyl (C=O) groups excluding carboxylic acids is 2. The highest BCUT2D eigenvalue weighted by atomic mass is 16.5. The first-order valence-electron chi connectivity index (χ1n) is 8.25. The van der Waals surface area contributed by atoms with Gasteiger partial charge in [-0.3, -0.25) is 10.1 Å². The van der Waals surface area contributed by atoms with Gasteiger partial charge in [-0.25, -0.2) is 4.79 Å². The number of benzene rings is 1. The Morgan fingerprint density at radius 3 is 2.54 bits per heavy atom. The molecule has 1 aromatic rings. The van der Waals surface area contributed by atoms with Gasteiger partial charge >= 0.3 is 6.09 Å². The Bertz CT molecular complexity index is 657. The molecular weight excluding hydrogens is 302 g/mol. The molecular formula is C20H25NO3. The van der Waals surface area contributed by atoms with Crippen molar-refractivity contribution in [1.29, 1.82) is 0 Å². The van der Waals surface area contributed by atoms with E-state index in [0.717, 1.165) is 30.4 Å². The number of ketones is 1.